The van der Waals surface area contributed by atoms with Crippen LogP contribution in [0.3, 0.4) is 0 Å². The highest BCUT2D eigenvalue weighted by Gasteiger charge is 2.42. The van der Waals surface area contributed by atoms with Gasteiger partial charge in [-0.25, -0.2) is 0 Å². The molecule has 178 valence electrons. The first-order valence-electron chi connectivity index (χ1n) is 11.4. The Bertz CT molecular complexity index is 787. The van der Waals surface area contributed by atoms with Crippen LogP contribution in [0.15, 0.2) is 11.1 Å². The molecule has 2 fully saturated rings. The van der Waals surface area contributed by atoms with Crippen LogP contribution in [0.1, 0.15) is 45.4 Å². The fourth-order valence-corrected chi connectivity index (χ4v) is 5.57. The maximum absolute atomic E-state index is 12.1. The lowest BCUT2D eigenvalue weighted by atomic mass is 9.72. The van der Waals surface area contributed by atoms with Gasteiger partial charge in [0, 0.05) is 43.0 Å². The van der Waals surface area contributed by atoms with Gasteiger partial charge in [-0.2, -0.15) is 13.2 Å². The van der Waals surface area contributed by atoms with Crippen molar-refractivity contribution in [2.75, 3.05) is 53.5 Å². The summed E-state index contributed by atoms with van der Waals surface area (Å²) in [6.07, 6.45) is -0.316. The highest BCUT2D eigenvalue weighted by Crippen LogP contribution is 2.39. The second-order valence-corrected chi connectivity index (χ2v) is 10.4. The molecule has 4 heterocycles. The molecule has 0 bridgehead atoms. The van der Waals surface area contributed by atoms with Crippen molar-refractivity contribution < 1.29 is 13.2 Å². The molecule has 2 saturated heterocycles. The Kier molecular flexibility index (Phi) is 9.40. The number of hydrogen-bond donors (Lipinski definition) is 0. The minimum Gasteiger partial charge on any atom is -0.361 e. The average Bonchev–Trinajstić information content (AvgIpc) is 3.03. The molecular weight excluding hydrogens is 421 g/mol. The molecule has 3 aliphatic rings. The fraction of sp³-hybridized carbons (Fsp3) is 0.783. The number of halogens is 3. The number of alkyl halides is 3. The molecule has 4 rings (SSSR count). The number of fused-ring (bicyclic) bond motifs is 1. The summed E-state index contributed by atoms with van der Waals surface area (Å²) < 4.78 is 37.1. The molecule has 0 N–H and O–H groups in total. The van der Waals surface area contributed by atoms with Gasteiger partial charge in [0.15, 0.2) is 0 Å². The summed E-state index contributed by atoms with van der Waals surface area (Å²) in [5, 5.41) is 0.785. The number of thiophene rings is 1. The van der Waals surface area contributed by atoms with Crippen LogP contribution in [0.2, 0.25) is 0 Å². The fourth-order valence-electron chi connectivity index (χ4n) is 4.54. The minimum absolute atomic E-state index is 0.322. The van der Waals surface area contributed by atoms with E-state index in [9.17, 15) is 13.2 Å². The van der Waals surface area contributed by atoms with Crippen molar-refractivity contribution in [3.05, 3.63) is 20.8 Å². The van der Waals surface area contributed by atoms with E-state index in [4.69, 9.17) is 0 Å². The van der Waals surface area contributed by atoms with Crippen molar-refractivity contribution in [2.45, 2.75) is 53.1 Å². The van der Waals surface area contributed by atoms with E-state index in [0.717, 1.165) is 27.9 Å². The second-order valence-electron chi connectivity index (χ2n) is 9.32. The van der Waals surface area contributed by atoms with Crippen molar-refractivity contribution >= 4 is 17.5 Å². The normalized spacial score (nSPS) is 20.5. The molecule has 0 aliphatic carbocycles. The van der Waals surface area contributed by atoms with Crippen LogP contribution < -0.4 is 9.89 Å². The quantitative estimate of drug-likeness (QED) is 0.685. The Morgan fingerprint density at radius 1 is 1.13 bits per heavy atom. The van der Waals surface area contributed by atoms with E-state index in [-0.39, 0.29) is 0 Å². The lowest BCUT2D eigenvalue weighted by molar-refractivity contribution is -0.126. The third-order valence-corrected chi connectivity index (χ3v) is 6.80. The van der Waals surface area contributed by atoms with Gasteiger partial charge < -0.3 is 14.7 Å². The highest BCUT2D eigenvalue weighted by atomic mass is 32.1. The van der Waals surface area contributed by atoms with E-state index in [0.29, 0.717) is 16.2 Å². The Balaban J connectivity index is 0.000000204. The third kappa shape index (κ3) is 8.06. The molecule has 1 spiro atoms. The standard InChI is InChI=1S/C12H24N2.C9H9F3N2S.C2H6/c1-11(2)8-14-6-4-12(5-7-14)9-13(3)10-12;1-14-4-6-2-7(3-9(10,11)12)15-8(6)13-5-14;1-2/h11H,4-10H2,1-3H3;2,4H,3,5H2,1H3;1-2H3. The number of rotatable bonds is 3. The van der Waals surface area contributed by atoms with E-state index in [1.165, 1.54) is 45.6 Å². The topological polar surface area (TPSA) is 22.1 Å². The van der Waals surface area contributed by atoms with Gasteiger partial charge >= 0.3 is 6.18 Å². The van der Waals surface area contributed by atoms with E-state index < -0.39 is 12.6 Å². The van der Waals surface area contributed by atoms with E-state index in [1.54, 1.807) is 6.07 Å². The lowest BCUT2D eigenvalue weighted by Gasteiger charge is -2.53. The van der Waals surface area contributed by atoms with Crippen LogP contribution in [0.25, 0.3) is 6.20 Å². The first kappa shape index (κ1) is 26.1. The molecule has 1 aromatic rings. The van der Waals surface area contributed by atoms with Crippen molar-refractivity contribution in [3.63, 3.8) is 0 Å². The van der Waals surface area contributed by atoms with Crippen LogP contribution in [0.5, 0.6) is 0 Å². The zero-order valence-electron chi connectivity index (χ0n) is 19.9. The number of piperidine rings is 1. The first-order chi connectivity index (χ1) is 14.5. The van der Waals surface area contributed by atoms with Gasteiger partial charge in [-0.05, 0) is 50.4 Å². The number of likely N-dealkylation sites (tertiary alicyclic amines) is 2. The lowest BCUT2D eigenvalue weighted by Crippen LogP contribution is -2.58. The molecule has 0 radical (unpaired) electrons. The Labute approximate surface area is 189 Å². The number of nitrogens with zero attached hydrogens (tertiary/aromatic N) is 4. The maximum Gasteiger partial charge on any atom is 0.393 e. The van der Waals surface area contributed by atoms with Gasteiger partial charge in [-0.1, -0.05) is 27.7 Å². The summed E-state index contributed by atoms with van der Waals surface area (Å²) >= 11 is 1.12. The van der Waals surface area contributed by atoms with Gasteiger partial charge in [-0.15, -0.1) is 11.3 Å². The summed E-state index contributed by atoms with van der Waals surface area (Å²) in [7, 11) is 4.08. The summed E-state index contributed by atoms with van der Waals surface area (Å²) in [5.41, 5.74) is 0.724. The smallest absolute Gasteiger partial charge is 0.361 e. The molecular formula is C23H39F3N4S. The van der Waals surface area contributed by atoms with Crippen LogP contribution in [-0.2, 0) is 6.42 Å². The molecule has 0 atom stereocenters. The van der Waals surface area contributed by atoms with Crippen molar-refractivity contribution in [1.29, 1.82) is 0 Å². The van der Waals surface area contributed by atoms with Crippen LogP contribution >= 0.6 is 11.3 Å². The molecule has 0 amide bonds. The van der Waals surface area contributed by atoms with Gasteiger partial charge in [-0.3, -0.25) is 4.99 Å². The Morgan fingerprint density at radius 2 is 1.74 bits per heavy atom. The SMILES string of the molecule is CC.CC(C)CN1CCC2(CC1)CN(C)C2.CN1C=c2cc(CC(F)(F)F)sc2=NC1. The predicted octanol–water partition coefficient (Wildman–Crippen LogP) is 3.81. The van der Waals surface area contributed by atoms with Gasteiger partial charge in [0.2, 0.25) is 0 Å². The summed E-state index contributed by atoms with van der Waals surface area (Å²) in [5.74, 6) is 0.827. The molecule has 0 saturated carbocycles. The van der Waals surface area contributed by atoms with Gasteiger partial charge in [0.05, 0.1) is 6.42 Å². The molecule has 1 aromatic heterocycles. The van der Waals surface area contributed by atoms with E-state index in [1.807, 2.05) is 32.0 Å². The van der Waals surface area contributed by atoms with Gasteiger partial charge in [0.1, 0.15) is 11.3 Å². The Morgan fingerprint density at radius 3 is 2.26 bits per heavy atom. The molecule has 0 aromatic carbocycles. The largest absolute Gasteiger partial charge is 0.393 e. The monoisotopic (exact) mass is 460 g/mol. The minimum atomic E-state index is -4.14. The van der Waals surface area contributed by atoms with E-state index >= 15 is 0 Å². The summed E-state index contributed by atoms with van der Waals surface area (Å²) in [6.45, 7) is 15.8. The zero-order chi connectivity index (χ0) is 23.2. The predicted molar refractivity (Wildman–Crippen MR) is 124 cm³/mol. The maximum atomic E-state index is 12.1. The van der Waals surface area contributed by atoms with Crippen LogP contribution in [0, 0.1) is 11.3 Å². The third-order valence-electron chi connectivity index (χ3n) is 5.71. The van der Waals surface area contributed by atoms with Crippen molar-refractivity contribution in [3.8, 4) is 0 Å². The molecule has 31 heavy (non-hydrogen) atoms. The molecule has 4 nitrogen and oxygen atoms in total. The first-order valence-corrected chi connectivity index (χ1v) is 12.2. The van der Waals surface area contributed by atoms with Crippen molar-refractivity contribution in [2.24, 2.45) is 16.3 Å². The van der Waals surface area contributed by atoms with Crippen LogP contribution in [0.4, 0.5) is 13.2 Å². The van der Waals surface area contributed by atoms with Crippen LogP contribution in [-0.4, -0.2) is 74.4 Å². The summed E-state index contributed by atoms with van der Waals surface area (Å²) in [4.78, 5) is 11.4. The highest BCUT2D eigenvalue weighted by molar-refractivity contribution is 7.09. The number of hydrogen-bond acceptors (Lipinski definition) is 5. The molecule has 3 aliphatic heterocycles. The molecule has 0 unspecified atom stereocenters. The van der Waals surface area contributed by atoms with Gasteiger partial charge in [0.25, 0.3) is 0 Å². The van der Waals surface area contributed by atoms with E-state index in [2.05, 4.69) is 35.7 Å². The summed E-state index contributed by atoms with van der Waals surface area (Å²) in [6, 6.07) is 1.56. The average molecular weight is 461 g/mol. The Hall–Kier alpha value is -1.12. The van der Waals surface area contributed by atoms with Crippen molar-refractivity contribution in [1.82, 2.24) is 14.7 Å². The zero-order valence-corrected chi connectivity index (χ0v) is 20.7. The second kappa shape index (κ2) is 11.1. The molecule has 8 heteroatoms.